The van der Waals surface area contributed by atoms with Gasteiger partial charge in [-0.15, -0.1) is 0 Å². The molecule has 1 N–H and O–H groups in total. The highest BCUT2D eigenvalue weighted by Gasteiger charge is 2.18. The minimum atomic E-state index is -3.48. The van der Waals surface area contributed by atoms with Gasteiger partial charge in [-0.1, -0.05) is 28.1 Å². The molecule has 2 aromatic carbocycles. The van der Waals surface area contributed by atoms with E-state index in [1.807, 2.05) is 24.3 Å². The summed E-state index contributed by atoms with van der Waals surface area (Å²) in [5.41, 5.74) is 1.26. The molecule has 0 fully saturated rings. The van der Waals surface area contributed by atoms with Gasteiger partial charge in [-0.3, -0.25) is 10.1 Å². The predicted octanol–water partition coefficient (Wildman–Crippen LogP) is 3.81. The second kappa shape index (κ2) is 7.76. The van der Waals surface area contributed by atoms with Gasteiger partial charge in [-0.05, 0) is 42.7 Å². The second-order valence-electron chi connectivity index (χ2n) is 5.37. The van der Waals surface area contributed by atoms with Gasteiger partial charge in [0.2, 0.25) is 0 Å². The number of nitrogens with one attached hydrogen (secondary N) is 1. The van der Waals surface area contributed by atoms with Crippen molar-refractivity contribution >= 4 is 37.1 Å². The third kappa shape index (κ3) is 5.04. The highest BCUT2D eigenvalue weighted by atomic mass is 79.9. The summed E-state index contributed by atoms with van der Waals surface area (Å²) in [6.45, 7) is 0.547. The molecule has 0 heterocycles. The predicted molar refractivity (Wildman–Crippen MR) is 97.2 cm³/mol. The van der Waals surface area contributed by atoms with Crippen LogP contribution in [0.5, 0.6) is 0 Å². The van der Waals surface area contributed by atoms with E-state index in [4.69, 9.17) is 0 Å². The number of nitro groups is 1. The summed E-state index contributed by atoms with van der Waals surface area (Å²) >= 11 is 3.42. The van der Waals surface area contributed by atoms with Crippen LogP contribution < -0.4 is 5.32 Å². The van der Waals surface area contributed by atoms with Crippen molar-refractivity contribution in [2.24, 2.45) is 0 Å². The number of hydrogen-bond donors (Lipinski definition) is 1. The monoisotopic (exact) mass is 412 g/mol. The SMILES string of the molecule is CS(=O)(=O)c1ccc(NCCCc2cccc(Br)c2)c([N+](=O)[O-])c1. The Labute approximate surface area is 149 Å². The highest BCUT2D eigenvalue weighted by Crippen LogP contribution is 2.27. The molecule has 0 saturated heterocycles. The Bertz CT molecular complexity index is 853. The maximum Gasteiger partial charge on any atom is 0.293 e. The van der Waals surface area contributed by atoms with Gasteiger partial charge in [-0.25, -0.2) is 8.42 Å². The van der Waals surface area contributed by atoms with Crippen molar-refractivity contribution in [1.82, 2.24) is 0 Å². The molecule has 0 unspecified atom stereocenters. The minimum absolute atomic E-state index is 0.0612. The van der Waals surface area contributed by atoms with Gasteiger partial charge in [0.15, 0.2) is 9.84 Å². The Morgan fingerprint density at radius 2 is 1.96 bits per heavy atom. The first-order chi connectivity index (χ1) is 11.3. The molecule has 6 nitrogen and oxygen atoms in total. The van der Waals surface area contributed by atoms with Crippen molar-refractivity contribution in [2.45, 2.75) is 17.7 Å². The van der Waals surface area contributed by atoms with Crippen LogP contribution >= 0.6 is 15.9 Å². The largest absolute Gasteiger partial charge is 0.379 e. The van der Waals surface area contributed by atoms with E-state index in [0.717, 1.165) is 29.6 Å². The number of benzene rings is 2. The van der Waals surface area contributed by atoms with Crippen molar-refractivity contribution < 1.29 is 13.3 Å². The second-order valence-corrected chi connectivity index (χ2v) is 8.30. The van der Waals surface area contributed by atoms with Crippen molar-refractivity contribution in [2.75, 3.05) is 18.1 Å². The summed E-state index contributed by atoms with van der Waals surface area (Å²) < 4.78 is 24.0. The lowest BCUT2D eigenvalue weighted by Gasteiger charge is -2.08. The fourth-order valence-corrected chi connectivity index (χ4v) is 3.34. The zero-order chi connectivity index (χ0) is 17.7. The lowest BCUT2D eigenvalue weighted by molar-refractivity contribution is -0.384. The minimum Gasteiger partial charge on any atom is -0.379 e. The Morgan fingerprint density at radius 1 is 1.21 bits per heavy atom. The maximum atomic E-state index is 11.5. The third-order valence-electron chi connectivity index (χ3n) is 3.44. The Balaban J connectivity index is 2.03. The van der Waals surface area contributed by atoms with E-state index < -0.39 is 14.8 Å². The molecule has 0 aliphatic rings. The summed E-state index contributed by atoms with van der Waals surface area (Å²) in [7, 11) is -3.48. The third-order valence-corrected chi connectivity index (χ3v) is 5.04. The van der Waals surface area contributed by atoms with Gasteiger partial charge >= 0.3 is 0 Å². The summed E-state index contributed by atoms with van der Waals surface area (Å²) in [4.78, 5) is 10.5. The van der Waals surface area contributed by atoms with Crippen molar-refractivity contribution in [3.8, 4) is 0 Å². The molecular weight excluding hydrogens is 396 g/mol. The van der Waals surface area contributed by atoms with Crippen LogP contribution in [0.4, 0.5) is 11.4 Å². The van der Waals surface area contributed by atoms with Gasteiger partial charge in [0.25, 0.3) is 5.69 Å². The molecule has 0 amide bonds. The van der Waals surface area contributed by atoms with Crippen LogP contribution in [0, 0.1) is 10.1 Å². The van der Waals surface area contributed by atoms with Gasteiger partial charge in [-0.2, -0.15) is 0 Å². The molecule has 24 heavy (non-hydrogen) atoms. The molecule has 0 aromatic heterocycles. The fourth-order valence-electron chi connectivity index (χ4n) is 2.25. The zero-order valence-electron chi connectivity index (χ0n) is 13.0. The van der Waals surface area contributed by atoms with Gasteiger partial charge in [0, 0.05) is 23.3 Å². The Kier molecular flexibility index (Phi) is 5.95. The lowest BCUT2D eigenvalue weighted by atomic mass is 10.1. The molecular formula is C16H17BrN2O4S. The highest BCUT2D eigenvalue weighted by molar-refractivity contribution is 9.10. The van der Waals surface area contributed by atoms with Crippen LogP contribution in [-0.4, -0.2) is 26.1 Å². The van der Waals surface area contributed by atoms with E-state index >= 15 is 0 Å². The summed E-state index contributed by atoms with van der Waals surface area (Å²) in [6, 6.07) is 11.9. The molecule has 2 rings (SSSR count). The van der Waals surface area contributed by atoms with Crippen molar-refractivity contribution in [3.63, 3.8) is 0 Å². The molecule has 0 aliphatic heterocycles. The van der Waals surface area contributed by atoms with Crippen LogP contribution in [-0.2, 0) is 16.3 Å². The molecule has 0 saturated carbocycles. The standard InChI is InChI=1S/C16H17BrN2O4S/c1-24(22,23)14-7-8-15(16(11-14)19(20)21)18-9-3-5-12-4-2-6-13(17)10-12/h2,4,6-8,10-11,18H,3,5,9H2,1H3. The van der Waals surface area contributed by atoms with Crippen molar-refractivity contribution in [3.05, 3.63) is 62.6 Å². The Hall–Kier alpha value is -1.93. The van der Waals surface area contributed by atoms with Crippen LogP contribution in [0.2, 0.25) is 0 Å². The van der Waals surface area contributed by atoms with Gasteiger partial charge < -0.3 is 5.32 Å². The summed E-state index contributed by atoms with van der Waals surface area (Å²) in [5.74, 6) is 0. The van der Waals surface area contributed by atoms with E-state index in [0.29, 0.717) is 12.2 Å². The van der Waals surface area contributed by atoms with Crippen LogP contribution in [0.1, 0.15) is 12.0 Å². The smallest absolute Gasteiger partial charge is 0.293 e. The number of nitro benzene ring substituents is 1. The number of sulfone groups is 1. The first-order valence-corrected chi connectivity index (χ1v) is 9.92. The lowest BCUT2D eigenvalue weighted by Crippen LogP contribution is -2.07. The Morgan fingerprint density at radius 3 is 2.58 bits per heavy atom. The van der Waals surface area contributed by atoms with Crippen LogP contribution in [0.25, 0.3) is 0 Å². The van der Waals surface area contributed by atoms with E-state index in [9.17, 15) is 18.5 Å². The number of rotatable bonds is 7. The van der Waals surface area contributed by atoms with Crippen LogP contribution in [0.3, 0.4) is 0 Å². The topological polar surface area (TPSA) is 89.3 Å². The number of hydrogen-bond acceptors (Lipinski definition) is 5. The summed E-state index contributed by atoms with van der Waals surface area (Å²) in [5, 5.41) is 14.2. The quantitative estimate of drug-likeness (QED) is 0.424. The molecule has 128 valence electrons. The molecule has 0 aliphatic carbocycles. The zero-order valence-corrected chi connectivity index (χ0v) is 15.4. The molecule has 0 radical (unpaired) electrons. The van der Waals surface area contributed by atoms with E-state index in [-0.39, 0.29) is 10.6 Å². The van der Waals surface area contributed by atoms with E-state index in [1.54, 1.807) is 0 Å². The molecule has 0 atom stereocenters. The molecule has 8 heteroatoms. The molecule has 0 spiro atoms. The molecule has 0 bridgehead atoms. The van der Waals surface area contributed by atoms with Crippen molar-refractivity contribution in [1.29, 1.82) is 0 Å². The number of nitrogens with zero attached hydrogens (tertiary/aromatic N) is 1. The first kappa shape index (κ1) is 18.4. The number of halogens is 1. The average Bonchev–Trinajstić information content (AvgIpc) is 2.50. The average molecular weight is 413 g/mol. The first-order valence-electron chi connectivity index (χ1n) is 7.24. The van der Waals surface area contributed by atoms with Gasteiger partial charge in [0.05, 0.1) is 9.82 Å². The van der Waals surface area contributed by atoms with Gasteiger partial charge in [0.1, 0.15) is 5.69 Å². The summed E-state index contributed by atoms with van der Waals surface area (Å²) in [6.07, 6.45) is 2.65. The van der Waals surface area contributed by atoms with E-state index in [1.165, 1.54) is 17.7 Å². The molecule has 2 aromatic rings. The normalized spacial score (nSPS) is 11.2. The maximum absolute atomic E-state index is 11.5. The number of anilines is 1. The van der Waals surface area contributed by atoms with E-state index in [2.05, 4.69) is 21.2 Å². The fraction of sp³-hybridized carbons (Fsp3) is 0.250. The number of aryl methyl sites for hydroxylation is 1. The van der Waals surface area contributed by atoms with Crippen LogP contribution in [0.15, 0.2) is 51.8 Å².